The van der Waals surface area contributed by atoms with Gasteiger partial charge in [0.05, 0.1) is 4.90 Å². The van der Waals surface area contributed by atoms with Crippen molar-refractivity contribution in [3.8, 4) is 11.1 Å². The second-order valence-electron chi connectivity index (χ2n) is 7.39. The summed E-state index contributed by atoms with van der Waals surface area (Å²) in [6.45, 7) is 0.187. The number of hydrogen-bond donors (Lipinski definition) is 3. The minimum atomic E-state index is -4.06. The Kier molecular flexibility index (Phi) is 8.69. The minimum Gasteiger partial charge on any atom is -0.480 e. The predicted molar refractivity (Wildman–Crippen MR) is 131 cm³/mol. The fourth-order valence-electron chi connectivity index (χ4n) is 3.10. The molecule has 1 amide bonds. The van der Waals surface area contributed by atoms with Crippen molar-refractivity contribution in [1.82, 2.24) is 10.0 Å². The summed E-state index contributed by atoms with van der Waals surface area (Å²) < 4.78 is 27.6. The SMILES string of the molecule is O=C(/C=C/C1C=NC=N1)NCCC[C@H](NS(=O)(=O)c1ccc(-c2ccc(Cl)cc2)cc1)C(=O)O. The number of benzene rings is 2. The zero-order chi connectivity index (χ0) is 24.6. The minimum absolute atomic E-state index is 0.000984. The number of aliphatic imine (C=N–C) groups is 2. The number of amides is 1. The molecule has 0 spiro atoms. The molecule has 178 valence electrons. The molecule has 2 atom stereocenters. The normalized spacial score (nSPS) is 16.1. The van der Waals surface area contributed by atoms with Crippen LogP contribution >= 0.6 is 11.6 Å². The largest absolute Gasteiger partial charge is 0.480 e. The summed E-state index contributed by atoms with van der Waals surface area (Å²) in [5, 5.41) is 12.7. The van der Waals surface area contributed by atoms with E-state index in [2.05, 4.69) is 20.0 Å². The third-order valence-corrected chi connectivity index (χ3v) is 6.64. The molecule has 1 aliphatic heterocycles. The lowest BCUT2D eigenvalue weighted by molar-refractivity contribution is -0.139. The molecule has 0 saturated carbocycles. The van der Waals surface area contributed by atoms with Crippen LogP contribution in [0.2, 0.25) is 5.02 Å². The van der Waals surface area contributed by atoms with Crippen LogP contribution in [0.15, 0.2) is 75.6 Å². The van der Waals surface area contributed by atoms with E-state index in [9.17, 15) is 23.1 Å². The van der Waals surface area contributed by atoms with E-state index in [0.29, 0.717) is 5.02 Å². The molecule has 3 N–H and O–H groups in total. The molecule has 2 aromatic rings. The fourth-order valence-corrected chi connectivity index (χ4v) is 4.45. The van der Waals surface area contributed by atoms with Gasteiger partial charge in [-0.3, -0.25) is 14.6 Å². The number of rotatable bonds is 11. The number of carbonyl (C=O) groups excluding carboxylic acids is 1. The Morgan fingerprint density at radius 2 is 1.74 bits per heavy atom. The lowest BCUT2D eigenvalue weighted by Gasteiger charge is -2.15. The summed E-state index contributed by atoms with van der Waals surface area (Å²) in [6, 6.07) is 11.6. The lowest BCUT2D eigenvalue weighted by Crippen LogP contribution is -2.41. The van der Waals surface area contributed by atoms with Crippen LogP contribution in [0.5, 0.6) is 0 Å². The molecule has 0 aliphatic carbocycles. The van der Waals surface area contributed by atoms with E-state index in [0.717, 1.165) is 11.1 Å². The van der Waals surface area contributed by atoms with Crippen molar-refractivity contribution in [2.45, 2.75) is 29.8 Å². The highest BCUT2D eigenvalue weighted by atomic mass is 35.5. The summed E-state index contributed by atoms with van der Waals surface area (Å²) in [5.74, 6) is -1.66. The van der Waals surface area contributed by atoms with Gasteiger partial charge in [0.25, 0.3) is 0 Å². The Hall–Kier alpha value is -3.34. The molecule has 0 aromatic heterocycles. The van der Waals surface area contributed by atoms with E-state index in [1.807, 2.05) is 12.1 Å². The van der Waals surface area contributed by atoms with Gasteiger partial charge in [-0.05, 0) is 54.3 Å². The van der Waals surface area contributed by atoms with Gasteiger partial charge in [0.2, 0.25) is 15.9 Å². The first-order chi connectivity index (χ1) is 16.2. The molecule has 0 bridgehead atoms. The molecule has 3 rings (SSSR count). The van der Waals surface area contributed by atoms with Crippen molar-refractivity contribution >= 4 is 46.1 Å². The Morgan fingerprint density at radius 3 is 2.32 bits per heavy atom. The Balaban J connectivity index is 1.52. The average Bonchev–Trinajstić information content (AvgIpc) is 3.34. The molecule has 1 unspecified atom stereocenters. The molecule has 9 nitrogen and oxygen atoms in total. The van der Waals surface area contributed by atoms with Crippen LogP contribution in [0.25, 0.3) is 11.1 Å². The summed E-state index contributed by atoms with van der Waals surface area (Å²) >= 11 is 5.89. The van der Waals surface area contributed by atoms with Crippen molar-refractivity contribution in [3.63, 3.8) is 0 Å². The van der Waals surface area contributed by atoms with Crippen molar-refractivity contribution in [3.05, 3.63) is 65.7 Å². The second kappa shape index (κ2) is 11.7. The van der Waals surface area contributed by atoms with Crippen molar-refractivity contribution in [2.75, 3.05) is 6.54 Å². The number of halogens is 1. The smallest absolute Gasteiger partial charge is 0.321 e. The second-order valence-corrected chi connectivity index (χ2v) is 9.54. The maximum absolute atomic E-state index is 12.7. The predicted octanol–water partition coefficient (Wildman–Crippen LogP) is 2.67. The van der Waals surface area contributed by atoms with Gasteiger partial charge >= 0.3 is 5.97 Å². The van der Waals surface area contributed by atoms with E-state index < -0.39 is 22.0 Å². The molecule has 0 saturated heterocycles. The number of hydrogen-bond acceptors (Lipinski definition) is 6. The van der Waals surface area contributed by atoms with E-state index in [4.69, 9.17) is 11.6 Å². The van der Waals surface area contributed by atoms with Crippen LogP contribution in [-0.4, -0.2) is 56.6 Å². The zero-order valence-corrected chi connectivity index (χ0v) is 19.5. The van der Waals surface area contributed by atoms with E-state index in [1.54, 1.807) is 36.6 Å². The van der Waals surface area contributed by atoms with E-state index >= 15 is 0 Å². The molecular formula is C23H23ClN4O5S. The molecule has 0 radical (unpaired) electrons. The number of carboxylic acid groups (broad SMARTS) is 1. The standard InChI is InChI=1S/C23H23ClN4O5S/c24-18-7-3-16(4-8-18)17-5-10-20(11-6-17)34(32,33)28-21(23(30)31)2-1-13-26-22(29)12-9-19-14-25-15-27-19/h3-12,14-15,19,21,28H,1-2,13H2,(H,26,29)(H,30,31)/b12-9+/t19?,21-/m0/s1. The van der Waals surface area contributed by atoms with Gasteiger partial charge in [-0.2, -0.15) is 4.72 Å². The first kappa shape index (κ1) is 25.3. The Bertz CT molecular complexity index is 1200. The fraction of sp³-hybridized carbons (Fsp3) is 0.217. The molecule has 1 heterocycles. The Labute approximate surface area is 202 Å². The molecule has 1 aliphatic rings. The van der Waals surface area contributed by atoms with Crippen molar-refractivity contribution < 1.29 is 23.1 Å². The van der Waals surface area contributed by atoms with Gasteiger partial charge in [-0.15, -0.1) is 0 Å². The average molecular weight is 503 g/mol. The quantitative estimate of drug-likeness (QED) is 0.320. The van der Waals surface area contributed by atoms with E-state index in [1.165, 1.54) is 24.5 Å². The highest BCUT2D eigenvalue weighted by Gasteiger charge is 2.25. The van der Waals surface area contributed by atoms with Crippen LogP contribution in [-0.2, 0) is 19.6 Å². The van der Waals surface area contributed by atoms with Gasteiger partial charge in [0.15, 0.2) is 0 Å². The monoisotopic (exact) mass is 502 g/mol. The molecule has 34 heavy (non-hydrogen) atoms. The molecule has 11 heteroatoms. The summed E-state index contributed by atoms with van der Waals surface area (Å²) in [5.41, 5.74) is 1.66. The van der Waals surface area contributed by atoms with Gasteiger partial charge in [0, 0.05) is 23.9 Å². The first-order valence-corrected chi connectivity index (χ1v) is 12.2. The number of sulfonamides is 1. The number of carbonyl (C=O) groups is 2. The van der Waals surface area contributed by atoms with Crippen LogP contribution in [0, 0.1) is 0 Å². The molecule has 2 aromatic carbocycles. The first-order valence-electron chi connectivity index (χ1n) is 10.4. The summed E-state index contributed by atoms with van der Waals surface area (Å²) in [6.07, 6.45) is 6.14. The van der Waals surface area contributed by atoms with Crippen molar-refractivity contribution in [1.29, 1.82) is 0 Å². The molecular weight excluding hydrogens is 480 g/mol. The summed E-state index contributed by atoms with van der Waals surface area (Å²) in [4.78, 5) is 31.1. The van der Waals surface area contributed by atoms with Gasteiger partial charge in [0.1, 0.15) is 18.4 Å². The third kappa shape index (κ3) is 7.34. The third-order valence-electron chi connectivity index (χ3n) is 4.90. The van der Waals surface area contributed by atoms with E-state index in [-0.39, 0.29) is 36.2 Å². The highest BCUT2D eigenvalue weighted by molar-refractivity contribution is 7.89. The van der Waals surface area contributed by atoms with Crippen LogP contribution in [0.4, 0.5) is 0 Å². The van der Waals surface area contributed by atoms with Crippen molar-refractivity contribution in [2.24, 2.45) is 9.98 Å². The van der Waals surface area contributed by atoms with Gasteiger partial charge < -0.3 is 10.4 Å². The number of carboxylic acids is 1. The summed E-state index contributed by atoms with van der Waals surface area (Å²) in [7, 11) is -4.06. The highest BCUT2D eigenvalue weighted by Crippen LogP contribution is 2.23. The maximum Gasteiger partial charge on any atom is 0.321 e. The van der Waals surface area contributed by atoms with Gasteiger partial charge in [-0.1, -0.05) is 35.9 Å². The van der Waals surface area contributed by atoms with Gasteiger partial charge in [-0.25, -0.2) is 13.4 Å². The van der Waals surface area contributed by atoms with Crippen LogP contribution < -0.4 is 10.0 Å². The molecule has 0 fully saturated rings. The number of nitrogens with one attached hydrogen (secondary N) is 2. The Morgan fingerprint density at radius 1 is 1.09 bits per heavy atom. The topological polar surface area (TPSA) is 137 Å². The number of nitrogens with zero attached hydrogens (tertiary/aromatic N) is 2. The lowest BCUT2D eigenvalue weighted by atomic mass is 10.1. The number of aliphatic carboxylic acids is 1. The van der Waals surface area contributed by atoms with Crippen LogP contribution in [0.1, 0.15) is 12.8 Å². The maximum atomic E-state index is 12.7. The van der Waals surface area contributed by atoms with Crippen LogP contribution in [0.3, 0.4) is 0 Å². The zero-order valence-electron chi connectivity index (χ0n) is 18.0.